The van der Waals surface area contributed by atoms with Crippen molar-refractivity contribution in [3.8, 4) is 11.5 Å². The molecule has 22 heavy (non-hydrogen) atoms. The van der Waals surface area contributed by atoms with Crippen LogP contribution in [0.25, 0.3) is 0 Å². The number of carbonyl (C=O) groups excluding carboxylic acids is 1. The molecule has 0 saturated heterocycles. The summed E-state index contributed by atoms with van der Waals surface area (Å²) in [5.74, 6) is 1.60. The minimum Gasteiger partial charge on any atom is -0.497 e. The van der Waals surface area contributed by atoms with E-state index < -0.39 is 0 Å². The van der Waals surface area contributed by atoms with Gasteiger partial charge in [0, 0.05) is 19.2 Å². The van der Waals surface area contributed by atoms with Crippen molar-refractivity contribution in [2.75, 3.05) is 27.8 Å². The Balaban J connectivity index is 1.98. The van der Waals surface area contributed by atoms with Crippen molar-refractivity contribution < 1.29 is 14.3 Å². The fourth-order valence-corrected chi connectivity index (χ4v) is 2.25. The summed E-state index contributed by atoms with van der Waals surface area (Å²) in [5, 5.41) is 0. The van der Waals surface area contributed by atoms with E-state index in [9.17, 15) is 4.79 Å². The molecule has 0 aliphatic carbocycles. The monoisotopic (exact) mass is 299 g/mol. The summed E-state index contributed by atoms with van der Waals surface area (Å²) in [7, 11) is 5.07. The van der Waals surface area contributed by atoms with Crippen LogP contribution in [0.2, 0.25) is 0 Å². The zero-order valence-electron chi connectivity index (χ0n) is 13.2. The summed E-state index contributed by atoms with van der Waals surface area (Å²) >= 11 is 0. The average molecular weight is 299 g/mol. The van der Waals surface area contributed by atoms with Gasteiger partial charge in [-0.1, -0.05) is 18.2 Å². The summed E-state index contributed by atoms with van der Waals surface area (Å²) in [6, 6.07) is 15.0. The molecule has 2 rings (SSSR count). The van der Waals surface area contributed by atoms with Gasteiger partial charge in [0.2, 0.25) is 0 Å². The van der Waals surface area contributed by atoms with Crippen molar-refractivity contribution in [2.45, 2.75) is 6.42 Å². The number of hydrogen-bond acceptors (Lipinski definition) is 3. The van der Waals surface area contributed by atoms with Gasteiger partial charge in [0.1, 0.15) is 11.5 Å². The lowest BCUT2D eigenvalue weighted by Crippen LogP contribution is -2.28. The molecule has 0 fully saturated rings. The van der Waals surface area contributed by atoms with E-state index in [4.69, 9.17) is 9.47 Å². The van der Waals surface area contributed by atoms with Crippen molar-refractivity contribution >= 4 is 5.91 Å². The van der Waals surface area contributed by atoms with Crippen LogP contribution in [0.4, 0.5) is 0 Å². The van der Waals surface area contributed by atoms with Crippen LogP contribution < -0.4 is 9.47 Å². The maximum atomic E-state index is 12.4. The predicted octanol–water partition coefficient (Wildman–Crippen LogP) is 3.02. The van der Waals surface area contributed by atoms with E-state index >= 15 is 0 Å². The molecule has 2 aromatic rings. The van der Waals surface area contributed by atoms with Gasteiger partial charge < -0.3 is 14.4 Å². The molecule has 0 radical (unpaired) electrons. The number of ether oxygens (including phenoxy) is 2. The molecule has 0 aromatic heterocycles. The van der Waals surface area contributed by atoms with E-state index in [1.165, 1.54) is 0 Å². The average Bonchev–Trinajstić information content (AvgIpc) is 2.59. The maximum absolute atomic E-state index is 12.4. The van der Waals surface area contributed by atoms with Gasteiger partial charge >= 0.3 is 0 Å². The molecular weight excluding hydrogens is 278 g/mol. The summed E-state index contributed by atoms with van der Waals surface area (Å²) < 4.78 is 10.4. The Labute approximate surface area is 131 Å². The van der Waals surface area contributed by atoms with E-state index in [2.05, 4.69) is 0 Å². The quantitative estimate of drug-likeness (QED) is 0.823. The molecule has 2 aromatic carbocycles. The number of para-hydroxylation sites is 1. The normalized spacial score (nSPS) is 10.1. The first-order chi connectivity index (χ1) is 10.7. The fourth-order valence-electron chi connectivity index (χ4n) is 2.25. The van der Waals surface area contributed by atoms with Crippen molar-refractivity contribution in [1.29, 1.82) is 0 Å². The highest BCUT2D eigenvalue weighted by Crippen LogP contribution is 2.18. The number of amides is 1. The number of carbonyl (C=O) groups is 1. The molecule has 1 amide bonds. The SMILES string of the molecule is COc1ccc(C(=O)N(C)CCc2ccccc2OC)cc1. The Bertz CT molecular complexity index is 622. The predicted molar refractivity (Wildman–Crippen MR) is 86.7 cm³/mol. The van der Waals surface area contributed by atoms with Gasteiger partial charge in [-0.3, -0.25) is 4.79 Å². The molecule has 0 N–H and O–H groups in total. The minimum atomic E-state index is -0.00227. The number of benzene rings is 2. The summed E-state index contributed by atoms with van der Waals surface area (Å²) in [5.41, 5.74) is 1.75. The van der Waals surface area contributed by atoms with Gasteiger partial charge in [-0.15, -0.1) is 0 Å². The second-order valence-electron chi connectivity index (χ2n) is 5.02. The zero-order valence-corrected chi connectivity index (χ0v) is 13.2. The molecule has 0 bridgehead atoms. The number of rotatable bonds is 6. The summed E-state index contributed by atoms with van der Waals surface area (Å²) in [6.07, 6.45) is 0.752. The molecule has 4 nitrogen and oxygen atoms in total. The van der Waals surface area contributed by atoms with Crippen LogP contribution in [0.3, 0.4) is 0 Å². The smallest absolute Gasteiger partial charge is 0.253 e. The van der Waals surface area contributed by atoms with Crippen LogP contribution in [0.5, 0.6) is 11.5 Å². The molecule has 0 saturated carbocycles. The second kappa shape index (κ2) is 7.50. The van der Waals surface area contributed by atoms with E-state index in [0.29, 0.717) is 12.1 Å². The highest BCUT2D eigenvalue weighted by Gasteiger charge is 2.12. The molecule has 116 valence electrons. The van der Waals surface area contributed by atoms with Gasteiger partial charge in [0.05, 0.1) is 14.2 Å². The third-order valence-corrected chi connectivity index (χ3v) is 3.59. The van der Waals surface area contributed by atoms with E-state index in [-0.39, 0.29) is 5.91 Å². The third-order valence-electron chi connectivity index (χ3n) is 3.59. The topological polar surface area (TPSA) is 38.8 Å². The van der Waals surface area contributed by atoms with Gasteiger partial charge in [0.25, 0.3) is 5.91 Å². The second-order valence-corrected chi connectivity index (χ2v) is 5.02. The third kappa shape index (κ3) is 3.79. The standard InChI is InChI=1S/C18H21NO3/c1-19(13-12-14-6-4-5-7-17(14)22-3)18(20)15-8-10-16(21-2)11-9-15/h4-11H,12-13H2,1-3H3. The minimum absolute atomic E-state index is 0.00227. The van der Waals surface area contributed by atoms with Crippen LogP contribution in [-0.2, 0) is 6.42 Å². The van der Waals surface area contributed by atoms with E-state index in [0.717, 1.165) is 23.5 Å². The largest absolute Gasteiger partial charge is 0.497 e. The first-order valence-electron chi connectivity index (χ1n) is 7.17. The molecular formula is C18H21NO3. The van der Waals surface area contributed by atoms with Crippen molar-refractivity contribution in [3.05, 3.63) is 59.7 Å². The van der Waals surface area contributed by atoms with Gasteiger partial charge in [0.15, 0.2) is 0 Å². The Kier molecular flexibility index (Phi) is 5.42. The highest BCUT2D eigenvalue weighted by molar-refractivity contribution is 5.94. The van der Waals surface area contributed by atoms with E-state index in [1.807, 2.05) is 31.3 Å². The molecule has 0 aliphatic heterocycles. The molecule has 0 unspecified atom stereocenters. The van der Waals surface area contributed by atoms with Crippen molar-refractivity contribution in [2.24, 2.45) is 0 Å². The fraction of sp³-hybridized carbons (Fsp3) is 0.278. The van der Waals surface area contributed by atoms with Crippen LogP contribution in [0, 0.1) is 0 Å². The maximum Gasteiger partial charge on any atom is 0.253 e. The molecule has 0 atom stereocenters. The molecule has 0 heterocycles. The zero-order chi connectivity index (χ0) is 15.9. The Morgan fingerprint density at radius 3 is 2.32 bits per heavy atom. The van der Waals surface area contributed by atoms with Crippen LogP contribution in [0.15, 0.2) is 48.5 Å². The van der Waals surface area contributed by atoms with E-state index in [1.54, 1.807) is 43.4 Å². The van der Waals surface area contributed by atoms with Crippen molar-refractivity contribution in [3.63, 3.8) is 0 Å². The lowest BCUT2D eigenvalue weighted by molar-refractivity contribution is 0.0796. The Morgan fingerprint density at radius 2 is 1.68 bits per heavy atom. The number of methoxy groups -OCH3 is 2. The number of likely N-dealkylation sites (N-methyl/N-ethyl adjacent to an activating group) is 1. The number of nitrogens with zero attached hydrogens (tertiary/aromatic N) is 1. The van der Waals surface area contributed by atoms with Crippen LogP contribution >= 0.6 is 0 Å². The molecule has 0 aliphatic rings. The van der Waals surface area contributed by atoms with Gasteiger partial charge in [-0.05, 0) is 42.3 Å². The first kappa shape index (κ1) is 15.9. The van der Waals surface area contributed by atoms with Crippen LogP contribution in [0.1, 0.15) is 15.9 Å². The lowest BCUT2D eigenvalue weighted by atomic mass is 10.1. The highest BCUT2D eigenvalue weighted by atomic mass is 16.5. The molecule has 4 heteroatoms. The summed E-state index contributed by atoms with van der Waals surface area (Å²) in [4.78, 5) is 14.1. The van der Waals surface area contributed by atoms with Crippen LogP contribution in [-0.4, -0.2) is 38.6 Å². The Hall–Kier alpha value is -2.49. The summed E-state index contributed by atoms with van der Waals surface area (Å²) in [6.45, 7) is 0.630. The lowest BCUT2D eigenvalue weighted by Gasteiger charge is -2.18. The molecule has 0 spiro atoms. The van der Waals surface area contributed by atoms with Gasteiger partial charge in [-0.2, -0.15) is 0 Å². The number of hydrogen-bond donors (Lipinski definition) is 0. The van der Waals surface area contributed by atoms with Gasteiger partial charge in [-0.25, -0.2) is 0 Å². The first-order valence-corrected chi connectivity index (χ1v) is 7.17. The Morgan fingerprint density at radius 1 is 1.00 bits per heavy atom. The van der Waals surface area contributed by atoms with Crippen molar-refractivity contribution in [1.82, 2.24) is 4.90 Å².